The Labute approximate surface area is 213 Å². The Kier molecular flexibility index (Phi) is 8.63. The molecule has 0 amide bonds. The van der Waals surface area contributed by atoms with Gasteiger partial charge in [-0.15, -0.1) is 0 Å². The third-order valence-electron chi connectivity index (χ3n) is 6.52. The van der Waals surface area contributed by atoms with Gasteiger partial charge in [-0.05, 0) is 70.5 Å². The van der Waals surface area contributed by atoms with Gasteiger partial charge >= 0.3 is 0 Å². The normalized spacial score (nSPS) is 12.5. The summed E-state index contributed by atoms with van der Waals surface area (Å²) in [4.78, 5) is 0.00708. The van der Waals surface area contributed by atoms with Crippen molar-refractivity contribution < 1.29 is 13.0 Å². The molecule has 0 unspecified atom stereocenters. The molecule has 3 aromatic rings. The molecule has 188 valence electrons. The van der Waals surface area contributed by atoms with Crippen LogP contribution in [0.1, 0.15) is 101 Å². The summed E-state index contributed by atoms with van der Waals surface area (Å²) in [6.07, 6.45) is 0. The average Bonchev–Trinajstić information content (AvgIpc) is 2.78. The predicted molar refractivity (Wildman–Crippen MR) is 151 cm³/mol. The van der Waals surface area contributed by atoms with Crippen LogP contribution in [0.3, 0.4) is 0 Å². The largest absolute Gasteiger partial charge is 0.295 e. The molecule has 0 aliphatic heterocycles. The molecule has 3 aromatic carbocycles. The predicted octanol–water partition coefficient (Wildman–Crippen LogP) is 7.19. The molecular formula is C30H39O3PS. The van der Waals surface area contributed by atoms with Crippen LogP contribution in [0.5, 0.6) is 0 Å². The lowest BCUT2D eigenvalue weighted by Crippen LogP contribution is -2.33. The Morgan fingerprint density at radius 2 is 0.914 bits per heavy atom. The van der Waals surface area contributed by atoms with Gasteiger partial charge in [-0.1, -0.05) is 110 Å². The highest BCUT2D eigenvalue weighted by molar-refractivity contribution is 7.88. The molecule has 0 fully saturated rings. The van der Waals surface area contributed by atoms with Crippen molar-refractivity contribution in [1.29, 1.82) is 0 Å². The lowest BCUT2D eigenvalue weighted by molar-refractivity contribution is 0.484. The molecule has 35 heavy (non-hydrogen) atoms. The Balaban J connectivity index is 2.63. The van der Waals surface area contributed by atoms with Gasteiger partial charge in [-0.25, -0.2) is 0 Å². The molecule has 0 aliphatic carbocycles. The van der Waals surface area contributed by atoms with Crippen molar-refractivity contribution >= 4 is 34.0 Å². The highest BCUT2D eigenvalue weighted by Crippen LogP contribution is 2.44. The Morgan fingerprint density at radius 3 is 1.23 bits per heavy atom. The van der Waals surface area contributed by atoms with Gasteiger partial charge in [0.2, 0.25) is 0 Å². The number of rotatable bonds is 8. The minimum absolute atomic E-state index is 0.00708. The first-order valence-electron chi connectivity index (χ1n) is 12.5. The molecule has 0 saturated carbocycles. The zero-order valence-corrected chi connectivity index (χ0v) is 23.9. The van der Waals surface area contributed by atoms with Crippen LogP contribution in [0, 0.1) is 0 Å². The van der Waals surface area contributed by atoms with Gasteiger partial charge < -0.3 is 0 Å². The maximum absolute atomic E-state index is 12.7. The molecule has 5 heteroatoms. The van der Waals surface area contributed by atoms with E-state index < -0.39 is 18.0 Å². The zero-order chi connectivity index (χ0) is 26.1. The summed E-state index contributed by atoms with van der Waals surface area (Å²) in [6.45, 7) is 17.6. The molecule has 0 saturated heterocycles. The van der Waals surface area contributed by atoms with Crippen LogP contribution in [0.4, 0.5) is 0 Å². The van der Waals surface area contributed by atoms with Gasteiger partial charge in [0.25, 0.3) is 10.1 Å². The van der Waals surface area contributed by atoms with E-state index in [1.807, 2.05) is 12.1 Å². The highest BCUT2D eigenvalue weighted by atomic mass is 32.2. The minimum Gasteiger partial charge on any atom is -0.282 e. The molecule has 0 aliphatic rings. The van der Waals surface area contributed by atoms with Gasteiger partial charge in [0.15, 0.2) is 0 Å². The summed E-state index contributed by atoms with van der Waals surface area (Å²) < 4.78 is 35.6. The van der Waals surface area contributed by atoms with Crippen LogP contribution in [0.15, 0.2) is 65.6 Å². The first-order chi connectivity index (χ1) is 16.4. The summed E-state index contributed by atoms with van der Waals surface area (Å²) in [5.41, 5.74) is 4.95. The van der Waals surface area contributed by atoms with Crippen molar-refractivity contribution in [1.82, 2.24) is 0 Å². The van der Waals surface area contributed by atoms with Crippen LogP contribution < -0.4 is 15.9 Å². The van der Waals surface area contributed by atoms with Crippen molar-refractivity contribution in [3.8, 4) is 0 Å². The van der Waals surface area contributed by atoms with Gasteiger partial charge in [0, 0.05) is 5.30 Å². The average molecular weight is 511 g/mol. The van der Waals surface area contributed by atoms with Crippen LogP contribution >= 0.6 is 7.92 Å². The Morgan fingerprint density at radius 1 is 0.571 bits per heavy atom. The van der Waals surface area contributed by atoms with Gasteiger partial charge in [0.1, 0.15) is 4.90 Å². The zero-order valence-electron chi connectivity index (χ0n) is 22.2. The van der Waals surface area contributed by atoms with Gasteiger partial charge in [-0.2, -0.15) is 8.42 Å². The summed E-state index contributed by atoms with van der Waals surface area (Å²) >= 11 is 0. The fourth-order valence-corrected chi connectivity index (χ4v) is 9.55. The second-order valence-electron chi connectivity index (χ2n) is 10.5. The fraction of sp³-hybridized carbons (Fsp3) is 0.400. The van der Waals surface area contributed by atoms with Crippen LogP contribution in [-0.2, 0) is 10.1 Å². The Bertz CT molecular complexity index is 1170. The van der Waals surface area contributed by atoms with E-state index in [0.717, 1.165) is 0 Å². The van der Waals surface area contributed by atoms with Crippen molar-refractivity contribution in [3.05, 3.63) is 82.9 Å². The van der Waals surface area contributed by atoms with Crippen LogP contribution in [0.25, 0.3) is 0 Å². The maximum atomic E-state index is 12.7. The second-order valence-corrected chi connectivity index (χ2v) is 13.9. The van der Waals surface area contributed by atoms with E-state index >= 15 is 0 Å². The van der Waals surface area contributed by atoms with E-state index in [1.165, 1.54) is 32.9 Å². The van der Waals surface area contributed by atoms with E-state index in [0.29, 0.717) is 5.30 Å². The van der Waals surface area contributed by atoms with Crippen molar-refractivity contribution in [2.45, 2.75) is 84.0 Å². The quantitative estimate of drug-likeness (QED) is 0.258. The first-order valence-corrected chi connectivity index (χ1v) is 15.3. The fourth-order valence-electron chi connectivity index (χ4n) is 4.75. The number of benzene rings is 3. The standard InChI is InChI=1S/C30H39O3PS/c1-19(2)23-13-11-14-24(20(3)4)29(23)34(27-17-9-10-18-28(27)35(31,32)33)30-25(21(5)6)15-12-16-26(30)22(7)8/h9-22H,1-8H3,(H,31,32,33). The molecule has 0 bridgehead atoms. The van der Waals surface area contributed by atoms with E-state index in [4.69, 9.17) is 0 Å². The molecular weight excluding hydrogens is 471 g/mol. The van der Waals surface area contributed by atoms with Crippen LogP contribution in [-0.4, -0.2) is 13.0 Å². The first kappa shape index (κ1) is 27.6. The molecule has 1 N–H and O–H groups in total. The number of hydrogen-bond acceptors (Lipinski definition) is 2. The highest BCUT2D eigenvalue weighted by Gasteiger charge is 2.33. The molecule has 0 atom stereocenters. The van der Waals surface area contributed by atoms with E-state index in [9.17, 15) is 13.0 Å². The van der Waals surface area contributed by atoms with Crippen molar-refractivity contribution in [2.75, 3.05) is 0 Å². The smallest absolute Gasteiger partial charge is 0.282 e. The SMILES string of the molecule is CC(C)c1cccc(C(C)C)c1P(c1ccccc1S(=O)(=O)O)c1c(C(C)C)cccc1C(C)C. The number of hydrogen-bond donors (Lipinski definition) is 1. The third kappa shape index (κ3) is 5.71. The summed E-state index contributed by atoms with van der Waals surface area (Å²) in [5.74, 6) is 1.06. The molecule has 3 rings (SSSR count). The second kappa shape index (κ2) is 10.9. The molecule has 3 nitrogen and oxygen atoms in total. The lowest BCUT2D eigenvalue weighted by atomic mass is 9.95. The summed E-state index contributed by atoms with van der Waals surface area (Å²) in [5, 5.41) is 3.13. The molecule has 0 heterocycles. The van der Waals surface area contributed by atoms with Gasteiger partial charge in [-0.3, -0.25) is 4.55 Å². The minimum atomic E-state index is -4.41. The summed E-state index contributed by atoms with van der Waals surface area (Å²) in [7, 11) is -5.69. The molecule has 0 radical (unpaired) electrons. The van der Waals surface area contributed by atoms with Gasteiger partial charge in [0.05, 0.1) is 0 Å². The monoisotopic (exact) mass is 510 g/mol. The molecule has 0 spiro atoms. The molecule has 0 aromatic heterocycles. The van der Waals surface area contributed by atoms with Crippen molar-refractivity contribution in [3.63, 3.8) is 0 Å². The van der Waals surface area contributed by atoms with Crippen LogP contribution in [0.2, 0.25) is 0 Å². The van der Waals surface area contributed by atoms with Crippen molar-refractivity contribution in [2.24, 2.45) is 0 Å². The maximum Gasteiger partial charge on any atom is 0.295 e. The summed E-state index contributed by atoms with van der Waals surface area (Å²) in [6, 6.07) is 20.0. The lowest BCUT2D eigenvalue weighted by Gasteiger charge is -2.33. The van der Waals surface area contributed by atoms with E-state index in [2.05, 4.69) is 91.8 Å². The third-order valence-corrected chi connectivity index (χ3v) is 10.4. The van der Waals surface area contributed by atoms with E-state index in [-0.39, 0.29) is 28.6 Å². The Hall–Kier alpha value is -2.00. The van der Waals surface area contributed by atoms with E-state index in [1.54, 1.807) is 12.1 Å². The topological polar surface area (TPSA) is 54.4 Å².